The van der Waals surface area contributed by atoms with Crippen molar-refractivity contribution in [3.8, 4) is 0 Å². The molecule has 0 aromatic carbocycles. The molecule has 0 aliphatic carbocycles. The van der Waals surface area contributed by atoms with E-state index < -0.39 is 24.0 Å². The summed E-state index contributed by atoms with van der Waals surface area (Å²) < 4.78 is 16.6. The van der Waals surface area contributed by atoms with E-state index in [2.05, 4.69) is 5.32 Å². The molecule has 0 radical (unpaired) electrons. The maximum atomic E-state index is 12.1. The average molecular weight is 345 g/mol. The van der Waals surface area contributed by atoms with Crippen molar-refractivity contribution in [2.24, 2.45) is 0 Å². The van der Waals surface area contributed by atoms with Crippen LogP contribution in [-0.4, -0.2) is 60.7 Å². The molecule has 1 rings (SSSR count). The van der Waals surface area contributed by atoms with Crippen LogP contribution in [0.4, 0.5) is 0 Å². The molecule has 0 saturated carbocycles. The molecular formula is C17H31NO6. The summed E-state index contributed by atoms with van der Waals surface area (Å²) in [4.78, 5) is 23.4. The largest absolute Gasteiger partial charge is 0.480 e. The number of amides is 1. The molecule has 1 saturated heterocycles. The Morgan fingerprint density at radius 3 is 2.58 bits per heavy atom. The van der Waals surface area contributed by atoms with Crippen LogP contribution in [-0.2, 0) is 23.8 Å². The van der Waals surface area contributed by atoms with Gasteiger partial charge in [-0.1, -0.05) is 0 Å². The first-order chi connectivity index (χ1) is 11.2. The quantitative estimate of drug-likeness (QED) is 0.661. The van der Waals surface area contributed by atoms with Gasteiger partial charge in [0.15, 0.2) is 0 Å². The van der Waals surface area contributed by atoms with E-state index in [-0.39, 0.29) is 24.7 Å². The molecule has 1 heterocycles. The monoisotopic (exact) mass is 345 g/mol. The molecule has 0 aromatic heterocycles. The molecule has 1 amide bonds. The molecule has 1 aliphatic rings. The lowest BCUT2D eigenvalue weighted by atomic mass is 10.1. The Balaban J connectivity index is 2.35. The molecule has 7 nitrogen and oxygen atoms in total. The van der Waals surface area contributed by atoms with Gasteiger partial charge in [0, 0.05) is 19.6 Å². The number of nitrogens with one attached hydrogen (secondary N) is 1. The number of ether oxygens (including phenoxy) is 3. The van der Waals surface area contributed by atoms with Gasteiger partial charge in [-0.2, -0.15) is 0 Å². The zero-order valence-electron chi connectivity index (χ0n) is 15.2. The third-order valence-electron chi connectivity index (χ3n) is 3.73. The number of aliphatic carboxylic acids is 1. The maximum absolute atomic E-state index is 12.1. The Kier molecular flexibility index (Phi) is 8.66. The van der Waals surface area contributed by atoms with E-state index >= 15 is 0 Å². The number of carboxylic acid groups (broad SMARTS) is 1. The van der Waals surface area contributed by atoms with Crippen LogP contribution in [0, 0.1) is 0 Å². The lowest BCUT2D eigenvalue weighted by Gasteiger charge is -2.25. The van der Waals surface area contributed by atoms with Gasteiger partial charge < -0.3 is 24.6 Å². The van der Waals surface area contributed by atoms with Crippen LogP contribution in [0.5, 0.6) is 0 Å². The molecule has 7 heteroatoms. The number of carboxylic acids is 1. The third-order valence-corrected chi connectivity index (χ3v) is 3.73. The third kappa shape index (κ3) is 8.61. The minimum absolute atomic E-state index is 0.0180. The maximum Gasteiger partial charge on any atom is 0.326 e. The molecule has 140 valence electrons. The Morgan fingerprint density at radius 1 is 1.33 bits per heavy atom. The summed E-state index contributed by atoms with van der Waals surface area (Å²) in [5.41, 5.74) is -0.344. The standard InChI is InChI=1S/C17H31NO6/c1-12(23-11-13-7-5-6-9-22-13)15(19)18-14(16(20)21)8-10-24-17(2,3)4/h12-14H,5-11H2,1-4H3,(H,18,19)(H,20,21). The SMILES string of the molecule is CC(OCC1CCCCO1)C(=O)NC(CCOC(C)(C)C)C(=O)O. The molecule has 3 atom stereocenters. The summed E-state index contributed by atoms with van der Waals surface area (Å²) in [6.07, 6.45) is 2.59. The normalized spacial score (nSPS) is 21.1. The number of carbonyl (C=O) groups is 2. The predicted octanol–water partition coefficient (Wildman–Crippen LogP) is 1.74. The zero-order chi connectivity index (χ0) is 18.2. The number of rotatable bonds is 9. The number of hydrogen-bond acceptors (Lipinski definition) is 5. The van der Waals surface area contributed by atoms with E-state index in [0.717, 1.165) is 25.9 Å². The highest BCUT2D eigenvalue weighted by molar-refractivity contribution is 5.86. The van der Waals surface area contributed by atoms with Crippen molar-refractivity contribution < 1.29 is 28.9 Å². The molecule has 1 fully saturated rings. The molecule has 0 spiro atoms. The first-order valence-corrected chi connectivity index (χ1v) is 8.59. The summed E-state index contributed by atoms with van der Waals surface area (Å²) >= 11 is 0. The molecule has 3 unspecified atom stereocenters. The first-order valence-electron chi connectivity index (χ1n) is 8.59. The van der Waals surface area contributed by atoms with Crippen molar-refractivity contribution in [1.82, 2.24) is 5.32 Å². The van der Waals surface area contributed by atoms with Gasteiger partial charge in [-0.25, -0.2) is 4.79 Å². The summed E-state index contributed by atoms with van der Waals surface area (Å²) in [6, 6.07) is -0.989. The fourth-order valence-corrected chi connectivity index (χ4v) is 2.30. The van der Waals surface area contributed by atoms with Gasteiger partial charge in [-0.15, -0.1) is 0 Å². The Bertz CT molecular complexity index is 400. The van der Waals surface area contributed by atoms with Crippen molar-refractivity contribution in [3.05, 3.63) is 0 Å². The minimum Gasteiger partial charge on any atom is -0.480 e. The van der Waals surface area contributed by atoms with E-state index in [1.807, 2.05) is 20.8 Å². The van der Waals surface area contributed by atoms with Crippen LogP contribution in [0.1, 0.15) is 53.4 Å². The second kappa shape index (κ2) is 9.96. The molecule has 0 bridgehead atoms. The van der Waals surface area contributed by atoms with Crippen molar-refractivity contribution in [3.63, 3.8) is 0 Å². The molecule has 2 N–H and O–H groups in total. The fourth-order valence-electron chi connectivity index (χ4n) is 2.30. The van der Waals surface area contributed by atoms with Crippen molar-refractivity contribution in [1.29, 1.82) is 0 Å². The van der Waals surface area contributed by atoms with Crippen LogP contribution >= 0.6 is 0 Å². The Hall–Kier alpha value is -1.18. The average Bonchev–Trinajstić information content (AvgIpc) is 2.51. The van der Waals surface area contributed by atoms with Crippen LogP contribution in [0.3, 0.4) is 0 Å². The van der Waals surface area contributed by atoms with Crippen LogP contribution < -0.4 is 5.32 Å². The predicted molar refractivity (Wildman–Crippen MR) is 88.9 cm³/mol. The smallest absolute Gasteiger partial charge is 0.326 e. The molecular weight excluding hydrogens is 314 g/mol. The van der Waals surface area contributed by atoms with E-state index in [1.165, 1.54) is 0 Å². The molecule has 1 aliphatic heterocycles. The zero-order valence-corrected chi connectivity index (χ0v) is 15.2. The lowest BCUT2D eigenvalue weighted by Crippen LogP contribution is -2.46. The van der Waals surface area contributed by atoms with E-state index in [1.54, 1.807) is 6.92 Å². The summed E-state index contributed by atoms with van der Waals surface area (Å²) in [5.74, 6) is -1.52. The minimum atomic E-state index is -1.08. The van der Waals surface area contributed by atoms with Crippen LogP contribution in [0.25, 0.3) is 0 Å². The Labute approximate surface area is 144 Å². The van der Waals surface area contributed by atoms with Crippen LogP contribution in [0.2, 0.25) is 0 Å². The van der Waals surface area contributed by atoms with Gasteiger partial charge in [0.05, 0.1) is 18.3 Å². The topological polar surface area (TPSA) is 94.1 Å². The van der Waals surface area contributed by atoms with Gasteiger partial charge in [-0.3, -0.25) is 4.79 Å². The van der Waals surface area contributed by atoms with Crippen molar-refractivity contribution in [2.75, 3.05) is 19.8 Å². The first kappa shape index (κ1) is 20.9. The molecule has 0 aromatic rings. The van der Waals surface area contributed by atoms with Crippen LogP contribution in [0.15, 0.2) is 0 Å². The van der Waals surface area contributed by atoms with Gasteiger partial charge >= 0.3 is 5.97 Å². The highest BCUT2D eigenvalue weighted by Crippen LogP contribution is 2.13. The van der Waals surface area contributed by atoms with Crippen molar-refractivity contribution >= 4 is 11.9 Å². The van der Waals surface area contributed by atoms with E-state index in [4.69, 9.17) is 14.2 Å². The Morgan fingerprint density at radius 2 is 2.04 bits per heavy atom. The lowest BCUT2D eigenvalue weighted by molar-refractivity contribution is -0.146. The van der Waals surface area contributed by atoms with E-state index in [0.29, 0.717) is 6.61 Å². The van der Waals surface area contributed by atoms with Gasteiger partial charge in [0.1, 0.15) is 12.1 Å². The van der Waals surface area contributed by atoms with Gasteiger partial charge in [0.2, 0.25) is 5.91 Å². The summed E-state index contributed by atoms with van der Waals surface area (Å²) in [6.45, 7) is 8.62. The second-order valence-corrected chi connectivity index (χ2v) is 7.11. The number of hydrogen-bond donors (Lipinski definition) is 2. The van der Waals surface area contributed by atoms with E-state index in [9.17, 15) is 14.7 Å². The summed E-state index contributed by atoms with van der Waals surface area (Å²) in [5, 5.41) is 11.7. The second-order valence-electron chi connectivity index (χ2n) is 7.11. The van der Waals surface area contributed by atoms with Gasteiger partial charge in [-0.05, 0) is 47.0 Å². The molecule has 24 heavy (non-hydrogen) atoms. The van der Waals surface area contributed by atoms with Crippen molar-refractivity contribution in [2.45, 2.75) is 77.2 Å². The highest BCUT2D eigenvalue weighted by atomic mass is 16.5. The fraction of sp³-hybridized carbons (Fsp3) is 0.882. The number of carbonyl (C=O) groups excluding carboxylic acids is 1. The summed E-state index contributed by atoms with van der Waals surface area (Å²) in [7, 11) is 0. The highest BCUT2D eigenvalue weighted by Gasteiger charge is 2.25. The van der Waals surface area contributed by atoms with Gasteiger partial charge in [0.25, 0.3) is 0 Å².